The van der Waals surface area contributed by atoms with Crippen molar-refractivity contribution in [3.05, 3.63) is 24.0 Å². The van der Waals surface area contributed by atoms with Gasteiger partial charge in [-0.05, 0) is 12.1 Å². The van der Waals surface area contributed by atoms with Crippen molar-refractivity contribution >= 4 is 16.3 Å². The highest BCUT2D eigenvalue weighted by molar-refractivity contribution is 7.19. The van der Waals surface area contributed by atoms with Crippen molar-refractivity contribution in [2.45, 2.75) is 6.18 Å². The summed E-state index contributed by atoms with van der Waals surface area (Å²) in [5.41, 5.74) is -0.0453. The fourth-order valence-electron chi connectivity index (χ4n) is 1.64. The third-order valence-corrected chi connectivity index (χ3v) is 3.40. The van der Waals surface area contributed by atoms with Crippen molar-refractivity contribution in [2.24, 2.45) is 0 Å². The topological polar surface area (TPSA) is 83.5 Å². The lowest BCUT2D eigenvalue weighted by Crippen LogP contribution is -2.11. The average molecular weight is 302 g/mol. The van der Waals surface area contributed by atoms with Crippen LogP contribution in [0.5, 0.6) is 11.5 Å². The molecule has 0 aliphatic heterocycles. The Morgan fingerprint density at radius 3 is 2.35 bits per heavy atom. The number of halogens is 3. The highest BCUT2D eigenvalue weighted by Gasteiger charge is 2.38. The summed E-state index contributed by atoms with van der Waals surface area (Å²) in [6.07, 6.45) is -4.69. The summed E-state index contributed by atoms with van der Waals surface area (Å²) in [6.45, 7) is 0. The molecule has 20 heavy (non-hydrogen) atoms. The fraction of sp³-hybridized carbons (Fsp3) is 0.100. The number of phenolic OH excluding ortho intramolecular Hbond substituents is 2. The minimum Gasteiger partial charge on any atom is -0.507 e. The molecule has 0 bridgehead atoms. The predicted molar refractivity (Wildman–Crippen MR) is 62.4 cm³/mol. The van der Waals surface area contributed by atoms with E-state index >= 15 is 0 Å². The maximum absolute atomic E-state index is 12.7. The molecule has 2 N–H and O–H groups in total. The quantitative estimate of drug-likeness (QED) is 0.720. The molecule has 0 aliphatic carbocycles. The first-order valence-corrected chi connectivity index (χ1v) is 6.00. The van der Waals surface area contributed by atoms with Gasteiger partial charge in [-0.3, -0.25) is 0 Å². The van der Waals surface area contributed by atoms with Crippen molar-refractivity contribution in [3.8, 4) is 22.1 Å². The first-order valence-electron chi connectivity index (χ1n) is 5.18. The number of nitrogens with zero attached hydrogens (tertiary/aromatic N) is 4. The molecular formula is C10H5F3N4O2S. The summed E-state index contributed by atoms with van der Waals surface area (Å²) in [4.78, 5) is -0.0880. The van der Waals surface area contributed by atoms with Crippen LogP contribution < -0.4 is 0 Å². The largest absolute Gasteiger partial charge is 0.507 e. The molecule has 2 heterocycles. The Hall–Kier alpha value is -2.36. The van der Waals surface area contributed by atoms with Crippen LogP contribution in [-0.2, 0) is 6.18 Å². The van der Waals surface area contributed by atoms with Crippen LogP contribution in [0.1, 0.15) is 5.82 Å². The molecule has 0 aliphatic rings. The molecule has 0 spiro atoms. The lowest BCUT2D eigenvalue weighted by molar-refractivity contribution is -0.146. The molecular weight excluding hydrogens is 297 g/mol. The lowest BCUT2D eigenvalue weighted by atomic mass is 10.2. The molecule has 2 aromatic heterocycles. The van der Waals surface area contributed by atoms with Gasteiger partial charge in [-0.2, -0.15) is 22.8 Å². The molecule has 1 aromatic carbocycles. The Labute approximate surface area is 112 Å². The number of phenols is 2. The minimum atomic E-state index is -4.69. The Morgan fingerprint density at radius 1 is 1.10 bits per heavy atom. The fourth-order valence-corrected chi connectivity index (χ4v) is 2.54. The number of benzene rings is 1. The molecule has 0 amide bonds. The smallest absolute Gasteiger partial charge is 0.453 e. The monoisotopic (exact) mass is 302 g/mol. The summed E-state index contributed by atoms with van der Waals surface area (Å²) in [5.74, 6) is -1.84. The highest BCUT2D eigenvalue weighted by Crippen LogP contribution is 2.39. The van der Waals surface area contributed by atoms with Crippen molar-refractivity contribution in [1.29, 1.82) is 0 Å². The predicted octanol–water partition coefficient (Wildman–Crippen LogP) is 2.28. The lowest BCUT2D eigenvalue weighted by Gasteiger charge is -2.03. The maximum atomic E-state index is 12.7. The van der Waals surface area contributed by atoms with Gasteiger partial charge in [0.05, 0.1) is 5.56 Å². The molecule has 3 aromatic rings. The maximum Gasteiger partial charge on any atom is 0.453 e. The number of hydrogen-bond donors (Lipinski definition) is 2. The summed E-state index contributed by atoms with van der Waals surface area (Å²) in [7, 11) is 0. The van der Waals surface area contributed by atoms with Gasteiger partial charge < -0.3 is 10.2 Å². The Balaban J connectivity index is 2.22. The molecule has 6 nitrogen and oxygen atoms in total. The van der Waals surface area contributed by atoms with E-state index in [9.17, 15) is 23.4 Å². The molecule has 3 rings (SSSR count). The molecule has 0 saturated carbocycles. The second kappa shape index (κ2) is 4.07. The Kier molecular flexibility index (Phi) is 2.57. The number of alkyl halides is 3. The summed E-state index contributed by atoms with van der Waals surface area (Å²) < 4.78 is 38.5. The SMILES string of the molecule is Oc1cccc(O)c1-c1nn2c(C(F)(F)F)nnc2s1. The van der Waals surface area contributed by atoms with Crippen LogP contribution in [-0.4, -0.2) is 30.0 Å². The van der Waals surface area contributed by atoms with Crippen LogP contribution in [0.15, 0.2) is 18.2 Å². The standard InChI is InChI=1S/C10H5F3N4O2S/c11-10(12,13)8-14-15-9-17(8)16-7(20-9)6-4(18)2-1-3-5(6)19/h1-3,18-19H. The van der Waals surface area contributed by atoms with E-state index in [4.69, 9.17) is 0 Å². The van der Waals surface area contributed by atoms with E-state index < -0.39 is 12.0 Å². The number of rotatable bonds is 1. The molecule has 0 unspecified atom stereocenters. The van der Waals surface area contributed by atoms with E-state index in [1.54, 1.807) is 0 Å². The third kappa shape index (κ3) is 1.84. The van der Waals surface area contributed by atoms with Crippen LogP contribution in [0.3, 0.4) is 0 Å². The minimum absolute atomic E-state index is 0.0102. The van der Waals surface area contributed by atoms with Gasteiger partial charge in [0.2, 0.25) is 4.96 Å². The van der Waals surface area contributed by atoms with Crippen molar-refractivity contribution in [3.63, 3.8) is 0 Å². The van der Waals surface area contributed by atoms with Crippen molar-refractivity contribution in [2.75, 3.05) is 0 Å². The molecule has 0 atom stereocenters. The van der Waals surface area contributed by atoms with E-state index in [1.165, 1.54) is 18.2 Å². The zero-order chi connectivity index (χ0) is 14.5. The number of fused-ring (bicyclic) bond motifs is 1. The van der Waals surface area contributed by atoms with Gasteiger partial charge in [0.25, 0.3) is 5.82 Å². The summed E-state index contributed by atoms with van der Waals surface area (Å²) in [5, 5.41) is 29.5. The van der Waals surface area contributed by atoms with E-state index in [0.717, 1.165) is 11.3 Å². The summed E-state index contributed by atoms with van der Waals surface area (Å²) in [6, 6.07) is 3.99. The molecule has 0 fully saturated rings. The molecule has 10 heteroatoms. The van der Waals surface area contributed by atoms with Gasteiger partial charge >= 0.3 is 6.18 Å². The van der Waals surface area contributed by atoms with E-state index in [1.807, 2.05) is 0 Å². The number of aromatic hydroxyl groups is 2. The molecule has 104 valence electrons. The van der Waals surface area contributed by atoms with E-state index in [0.29, 0.717) is 4.52 Å². The van der Waals surface area contributed by atoms with Crippen LogP contribution in [0.4, 0.5) is 13.2 Å². The zero-order valence-electron chi connectivity index (χ0n) is 9.46. The van der Waals surface area contributed by atoms with Gasteiger partial charge in [-0.25, -0.2) is 0 Å². The Bertz CT molecular complexity index is 775. The second-order valence-corrected chi connectivity index (χ2v) is 4.75. The number of aromatic nitrogens is 4. The highest BCUT2D eigenvalue weighted by atomic mass is 32.1. The molecule has 0 saturated heterocycles. The van der Waals surface area contributed by atoms with Gasteiger partial charge in [-0.1, -0.05) is 17.4 Å². The van der Waals surface area contributed by atoms with Gasteiger partial charge in [-0.15, -0.1) is 10.2 Å². The second-order valence-electron chi connectivity index (χ2n) is 3.79. The van der Waals surface area contributed by atoms with Crippen LogP contribution >= 0.6 is 11.3 Å². The van der Waals surface area contributed by atoms with Gasteiger partial charge in [0.1, 0.15) is 11.5 Å². The van der Waals surface area contributed by atoms with Crippen molar-refractivity contribution in [1.82, 2.24) is 19.8 Å². The zero-order valence-corrected chi connectivity index (χ0v) is 10.3. The summed E-state index contributed by atoms with van der Waals surface area (Å²) >= 11 is 0.774. The van der Waals surface area contributed by atoms with Crippen LogP contribution in [0, 0.1) is 0 Å². The van der Waals surface area contributed by atoms with Crippen LogP contribution in [0.25, 0.3) is 15.5 Å². The first kappa shape index (κ1) is 12.7. The van der Waals surface area contributed by atoms with Crippen molar-refractivity contribution < 1.29 is 23.4 Å². The van der Waals surface area contributed by atoms with Gasteiger partial charge in [0.15, 0.2) is 5.01 Å². The van der Waals surface area contributed by atoms with Crippen LogP contribution in [0.2, 0.25) is 0 Å². The third-order valence-electron chi connectivity index (χ3n) is 2.48. The van der Waals surface area contributed by atoms with E-state index in [2.05, 4.69) is 15.3 Å². The van der Waals surface area contributed by atoms with E-state index in [-0.39, 0.29) is 27.0 Å². The molecule has 0 radical (unpaired) electrons. The average Bonchev–Trinajstić information content (AvgIpc) is 2.86. The first-order chi connectivity index (χ1) is 9.38. The van der Waals surface area contributed by atoms with Gasteiger partial charge in [0, 0.05) is 0 Å². The number of hydrogen-bond acceptors (Lipinski definition) is 6. The normalized spacial score (nSPS) is 12.2. The Morgan fingerprint density at radius 2 is 1.75 bits per heavy atom.